The Morgan fingerprint density at radius 3 is 2.12 bits per heavy atom. The van der Waals surface area contributed by atoms with Crippen LogP contribution in [0.3, 0.4) is 0 Å². The molecule has 0 unspecified atom stereocenters. The molecule has 0 spiro atoms. The zero-order chi connectivity index (χ0) is 34.3. The fraction of sp³-hybridized carbons (Fsp3) is 0.167. The van der Waals surface area contributed by atoms with Gasteiger partial charge in [-0.2, -0.15) is 0 Å². The first-order chi connectivity index (χ1) is 24.3. The van der Waals surface area contributed by atoms with Crippen molar-refractivity contribution in [3.8, 4) is 22.3 Å². The van der Waals surface area contributed by atoms with Crippen molar-refractivity contribution in [2.45, 2.75) is 51.4 Å². The molecule has 246 valence electrons. The molecule has 6 aromatic carbocycles. The van der Waals surface area contributed by atoms with E-state index in [2.05, 4.69) is 190 Å². The molecule has 2 N–H and O–H groups in total. The van der Waals surface area contributed by atoms with E-state index >= 15 is 0 Å². The van der Waals surface area contributed by atoms with Gasteiger partial charge in [-0.1, -0.05) is 131 Å². The van der Waals surface area contributed by atoms with Gasteiger partial charge in [0, 0.05) is 33.6 Å². The van der Waals surface area contributed by atoms with E-state index in [9.17, 15) is 0 Å². The molecule has 0 saturated carbocycles. The standard InChI is InChI=1S/C48H44N2/c1-47(2,44-24-13-14-25-46(44)50-38-19-9-6-10-20-38)37-18-15-21-39(32-37)49-40-29-35(33-16-7-5-8-17-33)28-36(30-40)34-26-27-42-41-22-11-12-23-43(41)48(3,4)45(42)31-34/h6-7,9-32,49-50H,5,8H2,1-4H3. The second-order valence-electron chi connectivity index (χ2n) is 14.7. The van der Waals surface area contributed by atoms with Gasteiger partial charge in [-0.15, -0.1) is 0 Å². The molecule has 0 radical (unpaired) electrons. The van der Waals surface area contributed by atoms with Crippen molar-refractivity contribution < 1.29 is 0 Å². The molecule has 0 aromatic heterocycles. The Balaban J connectivity index is 1.15. The summed E-state index contributed by atoms with van der Waals surface area (Å²) in [5, 5.41) is 7.49. The summed E-state index contributed by atoms with van der Waals surface area (Å²) in [6.07, 6.45) is 9.11. The van der Waals surface area contributed by atoms with Gasteiger partial charge in [0.15, 0.2) is 0 Å². The summed E-state index contributed by atoms with van der Waals surface area (Å²) in [6, 6.07) is 50.8. The minimum absolute atomic E-state index is 0.0439. The summed E-state index contributed by atoms with van der Waals surface area (Å²) in [5.74, 6) is 0. The lowest BCUT2D eigenvalue weighted by Crippen LogP contribution is -2.20. The number of nitrogens with one attached hydrogen (secondary N) is 2. The first-order valence-corrected chi connectivity index (χ1v) is 17.8. The molecule has 0 fully saturated rings. The Kier molecular flexibility index (Phi) is 8.04. The molecule has 6 aromatic rings. The summed E-state index contributed by atoms with van der Waals surface area (Å²) in [6.45, 7) is 9.33. The molecule has 0 bridgehead atoms. The minimum atomic E-state index is -0.241. The van der Waals surface area contributed by atoms with Crippen LogP contribution in [0.4, 0.5) is 22.7 Å². The molecule has 0 saturated heterocycles. The van der Waals surface area contributed by atoms with Crippen LogP contribution < -0.4 is 10.6 Å². The van der Waals surface area contributed by atoms with Crippen LogP contribution in [0, 0.1) is 0 Å². The topological polar surface area (TPSA) is 24.1 Å². The number of hydrogen-bond donors (Lipinski definition) is 2. The van der Waals surface area contributed by atoms with Crippen LogP contribution in [0.1, 0.15) is 68.4 Å². The molecule has 2 heteroatoms. The van der Waals surface area contributed by atoms with Gasteiger partial charge in [-0.05, 0) is 123 Å². The van der Waals surface area contributed by atoms with Crippen molar-refractivity contribution in [1.29, 1.82) is 0 Å². The van der Waals surface area contributed by atoms with Crippen LogP contribution in [0.15, 0.2) is 158 Å². The van der Waals surface area contributed by atoms with Gasteiger partial charge in [-0.3, -0.25) is 0 Å². The van der Waals surface area contributed by atoms with Crippen molar-refractivity contribution in [1.82, 2.24) is 0 Å². The number of hydrogen-bond acceptors (Lipinski definition) is 2. The smallest absolute Gasteiger partial charge is 0.0425 e. The first-order valence-electron chi connectivity index (χ1n) is 17.8. The van der Waals surface area contributed by atoms with Crippen molar-refractivity contribution in [2.24, 2.45) is 0 Å². The Labute approximate surface area is 297 Å². The van der Waals surface area contributed by atoms with E-state index in [0.29, 0.717) is 0 Å². The van der Waals surface area contributed by atoms with Crippen molar-refractivity contribution in [3.05, 3.63) is 186 Å². The number of allylic oxidation sites excluding steroid dienone is 4. The van der Waals surface area contributed by atoms with E-state index in [1.165, 1.54) is 55.6 Å². The number of benzene rings is 6. The Morgan fingerprint density at radius 2 is 1.28 bits per heavy atom. The molecular weight excluding hydrogens is 605 g/mol. The molecule has 8 rings (SSSR count). The number of fused-ring (bicyclic) bond motifs is 3. The zero-order valence-electron chi connectivity index (χ0n) is 29.4. The van der Waals surface area contributed by atoms with Crippen LogP contribution in [0.2, 0.25) is 0 Å². The maximum Gasteiger partial charge on any atom is 0.0425 e. The molecule has 0 amide bonds. The summed E-state index contributed by atoms with van der Waals surface area (Å²) >= 11 is 0. The number of rotatable bonds is 8. The third-order valence-electron chi connectivity index (χ3n) is 10.7. The van der Waals surface area contributed by atoms with Gasteiger partial charge in [0.05, 0.1) is 0 Å². The van der Waals surface area contributed by atoms with Gasteiger partial charge in [0.25, 0.3) is 0 Å². The molecule has 2 nitrogen and oxygen atoms in total. The first kappa shape index (κ1) is 31.7. The van der Waals surface area contributed by atoms with E-state index in [4.69, 9.17) is 0 Å². The van der Waals surface area contributed by atoms with Crippen LogP contribution in [-0.2, 0) is 10.8 Å². The third-order valence-corrected chi connectivity index (χ3v) is 10.7. The van der Waals surface area contributed by atoms with Gasteiger partial charge < -0.3 is 10.6 Å². The van der Waals surface area contributed by atoms with Gasteiger partial charge >= 0.3 is 0 Å². The normalized spacial score (nSPS) is 14.4. The number of para-hydroxylation sites is 2. The summed E-state index contributed by atoms with van der Waals surface area (Å²) < 4.78 is 0. The molecule has 2 aliphatic carbocycles. The third kappa shape index (κ3) is 5.86. The average Bonchev–Trinajstić information content (AvgIpc) is 3.38. The highest BCUT2D eigenvalue weighted by Gasteiger charge is 2.35. The SMILES string of the molecule is CC(C)(c1cccc(Nc2cc(C3=CCCC=C3)cc(-c3ccc4c(c3)C(C)(C)c3ccccc3-4)c2)c1)c1ccccc1Nc1ccccc1. The maximum atomic E-state index is 3.83. The highest BCUT2D eigenvalue weighted by Crippen LogP contribution is 2.49. The van der Waals surface area contributed by atoms with Crippen LogP contribution in [0.5, 0.6) is 0 Å². The quantitative estimate of drug-likeness (QED) is 0.172. The summed E-state index contributed by atoms with van der Waals surface area (Å²) in [7, 11) is 0. The van der Waals surface area contributed by atoms with E-state index in [0.717, 1.165) is 35.6 Å². The maximum absolute atomic E-state index is 3.83. The van der Waals surface area contributed by atoms with Gasteiger partial charge in [0.2, 0.25) is 0 Å². The predicted octanol–water partition coefficient (Wildman–Crippen LogP) is 13.2. The van der Waals surface area contributed by atoms with Crippen LogP contribution in [0.25, 0.3) is 27.8 Å². The molecule has 2 aliphatic rings. The van der Waals surface area contributed by atoms with Crippen molar-refractivity contribution >= 4 is 28.3 Å². The largest absolute Gasteiger partial charge is 0.355 e. The second kappa shape index (κ2) is 12.7. The summed E-state index contributed by atoms with van der Waals surface area (Å²) in [5.41, 5.74) is 17.1. The van der Waals surface area contributed by atoms with Gasteiger partial charge in [0.1, 0.15) is 0 Å². The van der Waals surface area contributed by atoms with Crippen molar-refractivity contribution in [3.63, 3.8) is 0 Å². The second-order valence-corrected chi connectivity index (χ2v) is 14.7. The minimum Gasteiger partial charge on any atom is -0.355 e. The fourth-order valence-corrected chi connectivity index (χ4v) is 7.87. The highest BCUT2D eigenvalue weighted by molar-refractivity contribution is 5.86. The van der Waals surface area contributed by atoms with E-state index in [-0.39, 0.29) is 10.8 Å². The van der Waals surface area contributed by atoms with Crippen molar-refractivity contribution in [2.75, 3.05) is 10.6 Å². The summed E-state index contributed by atoms with van der Waals surface area (Å²) in [4.78, 5) is 0. The fourth-order valence-electron chi connectivity index (χ4n) is 7.87. The lowest BCUT2D eigenvalue weighted by molar-refractivity contribution is 0.643. The van der Waals surface area contributed by atoms with Crippen LogP contribution in [-0.4, -0.2) is 0 Å². The highest BCUT2D eigenvalue weighted by atomic mass is 14.9. The Morgan fingerprint density at radius 1 is 0.540 bits per heavy atom. The Bertz CT molecular complexity index is 2270. The molecule has 50 heavy (non-hydrogen) atoms. The van der Waals surface area contributed by atoms with Gasteiger partial charge in [-0.25, -0.2) is 0 Å². The predicted molar refractivity (Wildman–Crippen MR) is 214 cm³/mol. The van der Waals surface area contributed by atoms with E-state index in [1.807, 2.05) is 6.07 Å². The average molecular weight is 649 g/mol. The Hall–Kier alpha value is -5.60. The molecule has 0 heterocycles. The number of anilines is 4. The van der Waals surface area contributed by atoms with E-state index < -0.39 is 0 Å². The molecule has 0 atom stereocenters. The lowest BCUT2D eigenvalue weighted by Gasteiger charge is -2.29. The molecular formula is C48H44N2. The van der Waals surface area contributed by atoms with E-state index in [1.54, 1.807) is 0 Å². The zero-order valence-corrected chi connectivity index (χ0v) is 29.4. The van der Waals surface area contributed by atoms with Crippen LogP contribution >= 0.6 is 0 Å². The lowest BCUT2D eigenvalue weighted by atomic mass is 9.77. The molecule has 0 aliphatic heterocycles. The monoisotopic (exact) mass is 648 g/mol.